The van der Waals surface area contributed by atoms with E-state index in [4.69, 9.17) is 0 Å². The minimum absolute atomic E-state index is 0.283. The molecule has 1 aliphatic heterocycles. The summed E-state index contributed by atoms with van der Waals surface area (Å²) < 4.78 is 26.6. The summed E-state index contributed by atoms with van der Waals surface area (Å²) in [5, 5.41) is 0. The molecule has 1 aromatic heterocycles. The predicted octanol–water partition coefficient (Wildman–Crippen LogP) is 1.47. The molecule has 6 heteroatoms. The third kappa shape index (κ3) is 2.29. The van der Waals surface area contributed by atoms with E-state index in [1.165, 1.54) is 6.42 Å². The Kier molecular flexibility index (Phi) is 3.12. The molecule has 0 N–H and O–H groups in total. The Labute approximate surface area is 114 Å². The van der Waals surface area contributed by atoms with Crippen LogP contribution in [0.25, 0.3) is 0 Å². The van der Waals surface area contributed by atoms with Gasteiger partial charge in [0.05, 0.1) is 29.9 Å². The second-order valence-electron chi connectivity index (χ2n) is 5.43. The van der Waals surface area contributed by atoms with E-state index >= 15 is 0 Å². The van der Waals surface area contributed by atoms with Crippen LogP contribution in [0.4, 0.5) is 11.4 Å². The van der Waals surface area contributed by atoms with Gasteiger partial charge in [-0.15, -0.1) is 0 Å². The zero-order valence-electron chi connectivity index (χ0n) is 11.1. The molecular formula is C13H19N3O2S. The van der Waals surface area contributed by atoms with E-state index in [0.29, 0.717) is 12.5 Å². The van der Waals surface area contributed by atoms with Gasteiger partial charge in [-0.3, -0.25) is 9.29 Å². The molecule has 1 saturated carbocycles. The van der Waals surface area contributed by atoms with Gasteiger partial charge in [0.25, 0.3) is 0 Å². The van der Waals surface area contributed by atoms with Gasteiger partial charge in [0, 0.05) is 19.8 Å². The molecule has 0 radical (unpaired) electrons. The average molecular weight is 281 g/mol. The fourth-order valence-electron chi connectivity index (χ4n) is 2.71. The molecule has 0 spiro atoms. The number of aromatic nitrogens is 1. The van der Waals surface area contributed by atoms with Crippen LogP contribution in [-0.2, 0) is 10.0 Å². The second kappa shape index (κ2) is 4.67. The van der Waals surface area contributed by atoms with Gasteiger partial charge in [0.2, 0.25) is 10.0 Å². The average Bonchev–Trinajstić information content (AvgIpc) is 2.35. The summed E-state index contributed by atoms with van der Waals surface area (Å²) >= 11 is 0. The van der Waals surface area contributed by atoms with Crippen molar-refractivity contribution in [3.63, 3.8) is 0 Å². The number of hydrogen-bond donors (Lipinski definition) is 0. The van der Waals surface area contributed by atoms with Crippen molar-refractivity contribution in [2.75, 3.05) is 35.1 Å². The molecule has 0 unspecified atom stereocenters. The van der Waals surface area contributed by atoms with Crippen molar-refractivity contribution in [2.24, 2.45) is 5.92 Å². The van der Waals surface area contributed by atoms with Crippen LogP contribution in [-0.4, -0.2) is 39.3 Å². The van der Waals surface area contributed by atoms with Gasteiger partial charge in [0.15, 0.2) is 0 Å². The Morgan fingerprint density at radius 2 is 2.11 bits per heavy atom. The number of sulfonamides is 1. The van der Waals surface area contributed by atoms with E-state index in [1.54, 1.807) is 16.7 Å². The largest absolute Gasteiger partial charge is 0.371 e. The zero-order valence-corrected chi connectivity index (χ0v) is 11.9. The molecule has 0 atom stereocenters. The molecule has 1 aromatic rings. The molecule has 5 nitrogen and oxygen atoms in total. The Bertz CT molecular complexity index is 569. The molecule has 0 saturated heterocycles. The summed E-state index contributed by atoms with van der Waals surface area (Å²) in [5.74, 6) is 0.634. The van der Waals surface area contributed by atoms with Crippen molar-refractivity contribution >= 4 is 21.4 Å². The molecule has 2 aliphatic rings. The summed E-state index contributed by atoms with van der Waals surface area (Å²) in [4.78, 5) is 6.15. The molecule has 0 aromatic carbocycles. The molecule has 0 amide bonds. The van der Waals surface area contributed by atoms with E-state index < -0.39 is 10.0 Å². The predicted molar refractivity (Wildman–Crippen MR) is 76.0 cm³/mol. The van der Waals surface area contributed by atoms with Crippen molar-refractivity contribution in [2.45, 2.75) is 19.3 Å². The van der Waals surface area contributed by atoms with Crippen molar-refractivity contribution in [1.82, 2.24) is 4.98 Å². The minimum Gasteiger partial charge on any atom is -0.371 e. The monoisotopic (exact) mass is 281 g/mol. The van der Waals surface area contributed by atoms with E-state index in [9.17, 15) is 8.42 Å². The van der Waals surface area contributed by atoms with Gasteiger partial charge in [-0.1, -0.05) is 6.42 Å². The Balaban J connectivity index is 1.91. The maximum absolute atomic E-state index is 12.5. The third-order valence-corrected chi connectivity index (χ3v) is 6.05. The van der Waals surface area contributed by atoms with E-state index in [0.717, 1.165) is 30.8 Å². The SMILES string of the molecule is CN1CCN(S(=O)(=O)CC2CCC2)c2cnccc21. The van der Waals surface area contributed by atoms with E-state index in [2.05, 4.69) is 9.88 Å². The number of nitrogens with zero attached hydrogens (tertiary/aromatic N) is 3. The molecule has 2 heterocycles. The highest BCUT2D eigenvalue weighted by molar-refractivity contribution is 7.92. The minimum atomic E-state index is -3.21. The van der Waals surface area contributed by atoms with Crippen LogP contribution in [0.15, 0.2) is 18.5 Å². The summed E-state index contributed by atoms with van der Waals surface area (Å²) in [6.45, 7) is 1.24. The summed E-state index contributed by atoms with van der Waals surface area (Å²) in [5.41, 5.74) is 1.66. The topological polar surface area (TPSA) is 53.5 Å². The highest BCUT2D eigenvalue weighted by Gasteiger charge is 2.33. The van der Waals surface area contributed by atoms with Crippen LogP contribution in [0.1, 0.15) is 19.3 Å². The maximum atomic E-state index is 12.5. The van der Waals surface area contributed by atoms with Crippen LogP contribution in [0, 0.1) is 5.92 Å². The van der Waals surface area contributed by atoms with Gasteiger partial charge in [-0.2, -0.15) is 0 Å². The summed E-state index contributed by atoms with van der Waals surface area (Å²) in [6, 6.07) is 1.88. The first-order chi connectivity index (χ1) is 9.08. The number of fused-ring (bicyclic) bond motifs is 1. The van der Waals surface area contributed by atoms with Gasteiger partial charge in [-0.25, -0.2) is 8.42 Å². The first-order valence-electron chi connectivity index (χ1n) is 6.73. The van der Waals surface area contributed by atoms with Gasteiger partial charge in [-0.05, 0) is 24.8 Å². The third-order valence-electron chi connectivity index (χ3n) is 4.10. The number of pyridine rings is 1. The lowest BCUT2D eigenvalue weighted by Crippen LogP contribution is -2.45. The fourth-order valence-corrected chi connectivity index (χ4v) is 4.62. The van der Waals surface area contributed by atoms with Gasteiger partial charge >= 0.3 is 0 Å². The van der Waals surface area contributed by atoms with E-state index in [-0.39, 0.29) is 5.75 Å². The lowest BCUT2D eigenvalue weighted by molar-refractivity contribution is 0.347. The fraction of sp³-hybridized carbons (Fsp3) is 0.615. The molecule has 0 bridgehead atoms. The Morgan fingerprint density at radius 1 is 1.32 bits per heavy atom. The number of rotatable bonds is 3. The number of hydrogen-bond acceptors (Lipinski definition) is 4. The highest BCUT2D eigenvalue weighted by Crippen LogP contribution is 2.35. The molecule has 1 aliphatic carbocycles. The standard InChI is InChI=1S/C13H19N3O2S/c1-15-7-8-16(13-9-14-6-5-12(13)15)19(17,18)10-11-3-2-4-11/h5-6,9,11H,2-4,7-8,10H2,1H3. The summed E-state index contributed by atoms with van der Waals surface area (Å²) in [6.07, 6.45) is 6.63. The van der Waals surface area contributed by atoms with Crippen molar-refractivity contribution in [1.29, 1.82) is 0 Å². The second-order valence-corrected chi connectivity index (χ2v) is 7.37. The van der Waals surface area contributed by atoms with E-state index in [1.807, 2.05) is 13.1 Å². The zero-order chi connectivity index (χ0) is 13.5. The quantitative estimate of drug-likeness (QED) is 0.842. The summed E-state index contributed by atoms with van der Waals surface area (Å²) in [7, 11) is -1.23. The van der Waals surface area contributed by atoms with Crippen LogP contribution in [0.2, 0.25) is 0 Å². The van der Waals surface area contributed by atoms with Crippen LogP contribution < -0.4 is 9.21 Å². The lowest BCUT2D eigenvalue weighted by Gasteiger charge is -2.37. The molecule has 19 heavy (non-hydrogen) atoms. The lowest BCUT2D eigenvalue weighted by atomic mass is 9.87. The smallest absolute Gasteiger partial charge is 0.235 e. The Morgan fingerprint density at radius 3 is 2.79 bits per heavy atom. The number of likely N-dealkylation sites (N-methyl/N-ethyl adjacent to an activating group) is 1. The molecular weight excluding hydrogens is 262 g/mol. The molecule has 3 rings (SSSR count). The maximum Gasteiger partial charge on any atom is 0.235 e. The van der Waals surface area contributed by atoms with Crippen LogP contribution in [0.3, 0.4) is 0 Å². The first kappa shape index (κ1) is 12.7. The van der Waals surface area contributed by atoms with Crippen molar-refractivity contribution in [3.8, 4) is 0 Å². The number of anilines is 2. The molecule has 104 valence electrons. The van der Waals surface area contributed by atoms with Crippen molar-refractivity contribution < 1.29 is 8.42 Å². The van der Waals surface area contributed by atoms with Crippen LogP contribution in [0.5, 0.6) is 0 Å². The normalized spacial score (nSPS) is 20.1. The first-order valence-corrected chi connectivity index (χ1v) is 8.34. The highest BCUT2D eigenvalue weighted by atomic mass is 32.2. The van der Waals surface area contributed by atoms with Crippen molar-refractivity contribution in [3.05, 3.63) is 18.5 Å². The molecule has 1 fully saturated rings. The van der Waals surface area contributed by atoms with Crippen LogP contribution >= 0.6 is 0 Å². The van der Waals surface area contributed by atoms with Gasteiger partial charge in [0.1, 0.15) is 0 Å². The van der Waals surface area contributed by atoms with Gasteiger partial charge < -0.3 is 4.90 Å². The Hall–Kier alpha value is -1.30.